The van der Waals surface area contributed by atoms with Crippen molar-refractivity contribution in [2.75, 3.05) is 20.3 Å². The SMILES string of the molecule is CN(C(=O)NCc1cccc(F)c1F)C(CCCOP(=O)(OC(C)(C)C)OC(C)(C)C)CO[Si](C)(C)C(C)(C)C. The van der Waals surface area contributed by atoms with Crippen LogP contribution in [0.15, 0.2) is 18.2 Å². The quantitative estimate of drug-likeness (QED) is 0.139. The molecule has 0 saturated carbocycles. The van der Waals surface area contributed by atoms with Gasteiger partial charge in [0.2, 0.25) is 0 Å². The molecule has 0 aliphatic rings. The Morgan fingerprint density at radius 1 is 1.02 bits per heavy atom. The highest BCUT2D eigenvalue weighted by Crippen LogP contribution is 2.55. The van der Waals surface area contributed by atoms with Gasteiger partial charge in [-0.1, -0.05) is 32.9 Å². The predicted molar refractivity (Wildman–Crippen MR) is 158 cm³/mol. The third kappa shape index (κ3) is 12.7. The largest absolute Gasteiger partial charge is 0.475 e. The topological polar surface area (TPSA) is 86.3 Å². The van der Waals surface area contributed by atoms with Gasteiger partial charge in [-0.15, -0.1) is 0 Å². The smallest absolute Gasteiger partial charge is 0.415 e. The Morgan fingerprint density at radius 2 is 1.57 bits per heavy atom. The van der Waals surface area contributed by atoms with Gasteiger partial charge >= 0.3 is 13.9 Å². The average molecular weight is 609 g/mol. The van der Waals surface area contributed by atoms with Gasteiger partial charge in [-0.05, 0) is 78.6 Å². The highest BCUT2D eigenvalue weighted by Gasteiger charge is 2.39. The molecule has 1 aromatic carbocycles. The fourth-order valence-corrected chi connectivity index (χ4v) is 6.17. The van der Waals surface area contributed by atoms with Gasteiger partial charge in [-0.3, -0.25) is 13.6 Å². The van der Waals surface area contributed by atoms with E-state index >= 15 is 0 Å². The van der Waals surface area contributed by atoms with Crippen molar-refractivity contribution in [2.45, 2.75) is 117 Å². The van der Waals surface area contributed by atoms with Crippen LogP contribution in [-0.2, 0) is 29.1 Å². The highest BCUT2D eigenvalue weighted by molar-refractivity contribution is 7.48. The molecule has 0 radical (unpaired) electrons. The van der Waals surface area contributed by atoms with E-state index in [4.69, 9.17) is 18.0 Å². The van der Waals surface area contributed by atoms with Crippen molar-refractivity contribution in [1.82, 2.24) is 10.2 Å². The van der Waals surface area contributed by atoms with Gasteiger partial charge in [0, 0.05) is 19.2 Å². The maximum atomic E-state index is 14.1. The number of nitrogens with zero attached hydrogens (tertiary/aromatic N) is 1. The summed E-state index contributed by atoms with van der Waals surface area (Å²) in [6.45, 7) is 21.5. The summed E-state index contributed by atoms with van der Waals surface area (Å²) in [7, 11) is -4.36. The van der Waals surface area contributed by atoms with Crippen LogP contribution in [0.2, 0.25) is 18.1 Å². The number of phosphoric ester groups is 1. The van der Waals surface area contributed by atoms with E-state index in [1.165, 1.54) is 17.0 Å². The Morgan fingerprint density at radius 3 is 2.08 bits per heavy atom. The highest BCUT2D eigenvalue weighted by atomic mass is 31.2. The fraction of sp³-hybridized carbons (Fsp3) is 0.750. The third-order valence-corrected chi connectivity index (χ3v) is 13.0. The molecule has 0 spiro atoms. The molecular formula is C28H51F2N2O6PSi. The molecule has 1 atom stereocenters. The van der Waals surface area contributed by atoms with Crippen molar-refractivity contribution in [2.24, 2.45) is 0 Å². The van der Waals surface area contributed by atoms with Crippen molar-refractivity contribution in [3.8, 4) is 0 Å². The Bertz CT molecular complexity index is 1000. The van der Waals surface area contributed by atoms with Gasteiger partial charge in [-0.2, -0.15) is 0 Å². The van der Waals surface area contributed by atoms with E-state index < -0.39 is 45.0 Å². The molecule has 0 fully saturated rings. The van der Waals surface area contributed by atoms with Gasteiger partial charge in [0.05, 0.1) is 30.5 Å². The Labute approximate surface area is 241 Å². The molecule has 0 bridgehead atoms. The zero-order valence-corrected chi connectivity index (χ0v) is 28.3. The molecule has 232 valence electrons. The third-order valence-electron chi connectivity index (χ3n) is 6.47. The van der Waals surface area contributed by atoms with E-state index in [-0.39, 0.29) is 36.4 Å². The number of halogens is 2. The number of benzene rings is 1. The minimum absolute atomic E-state index is 0.0301. The number of carbonyl (C=O) groups is 1. The molecule has 1 N–H and O–H groups in total. The maximum Gasteiger partial charge on any atom is 0.475 e. The lowest BCUT2D eigenvalue weighted by atomic mass is 10.1. The number of urea groups is 1. The average Bonchev–Trinajstić information content (AvgIpc) is 2.75. The summed E-state index contributed by atoms with van der Waals surface area (Å²) < 4.78 is 64.5. The molecule has 0 aromatic heterocycles. The molecular weight excluding hydrogens is 557 g/mol. The summed E-state index contributed by atoms with van der Waals surface area (Å²) in [6, 6.07) is 3.03. The number of nitrogens with one attached hydrogen (secondary N) is 1. The molecule has 0 saturated heterocycles. The standard InChI is InChI=1S/C28H51F2N2O6PSi/c1-26(2,3)37-39(34,38-27(4,5)6)35-18-14-16-22(20-36-40(11,12)28(7,8)9)32(10)25(33)31-19-21-15-13-17-23(29)24(21)30/h13,15,17,22H,14,16,18-20H2,1-12H3,(H,31,33). The lowest BCUT2D eigenvalue weighted by Gasteiger charge is -2.38. The monoisotopic (exact) mass is 608 g/mol. The van der Waals surface area contributed by atoms with Gasteiger partial charge < -0.3 is 14.6 Å². The summed E-state index contributed by atoms with van der Waals surface area (Å²) in [4.78, 5) is 14.5. The van der Waals surface area contributed by atoms with Crippen LogP contribution in [0.3, 0.4) is 0 Å². The lowest BCUT2D eigenvalue weighted by Crippen LogP contribution is -2.49. The van der Waals surface area contributed by atoms with Gasteiger partial charge in [0.1, 0.15) is 0 Å². The Hall–Kier alpha value is -1.36. The van der Waals surface area contributed by atoms with Gasteiger partial charge in [-0.25, -0.2) is 18.1 Å². The fourth-order valence-electron chi connectivity index (χ4n) is 3.29. The maximum absolute atomic E-state index is 14.1. The van der Waals surface area contributed by atoms with Gasteiger partial charge in [0.15, 0.2) is 20.0 Å². The normalized spacial score (nSPS) is 14.2. The molecule has 1 aromatic rings. The summed E-state index contributed by atoms with van der Waals surface area (Å²) in [5.74, 6) is -1.95. The molecule has 1 unspecified atom stereocenters. The van der Waals surface area contributed by atoms with Crippen molar-refractivity contribution in [3.05, 3.63) is 35.4 Å². The summed E-state index contributed by atoms with van der Waals surface area (Å²) in [5.41, 5.74) is -1.45. The van der Waals surface area contributed by atoms with E-state index in [9.17, 15) is 18.1 Å². The number of carbonyl (C=O) groups excluding carboxylic acids is 1. The molecule has 0 heterocycles. The lowest BCUT2D eigenvalue weighted by molar-refractivity contribution is 0.00241. The molecule has 1 rings (SSSR count). The molecule has 2 amide bonds. The van der Waals surface area contributed by atoms with Crippen molar-refractivity contribution >= 4 is 22.2 Å². The zero-order valence-electron chi connectivity index (χ0n) is 26.4. The Balaban J connectivity index is 2.97. The van der Waals surface area contributed by atoms with E-state index in [0.29, 0.717) is 12.8 Å². The molecule has 12 heteroatoms. The van der Waals surface area contributed by atoms with Gasteiger partial charge in [0.25, 0.3) is 0 Å². The number of likely N-dealkylation sites (N-methyl/N-ethyl adjacent to an activating group) is 1. The van der Waals surface area contributed by atoms with Crippen LogP contribution in [0.25, 0.3) is 0 Å². The second-order valence-electron chi connectivity index (χ2n) is 13.5. The number of amides is 2. The first-order valence-corrected chi connectivity index (χ1v) is 18.1. The first-order valence-electron chi connectivity index (χ1n) is 13.7. The zero-order chi connectivity index (χ0) is 31.2. The molecule has 0 aliphatic heterocycles. The van der Waals surface area contributed by atoms with E-state index in [0.717, 1.165) is 6.07 Å². The summed E-state index contributed by atoms with van der Waals surface area (Å²) in [6.07, 6.45) is 0.907. The van der Waals surface area contributed by atoms with Crippen LogP contribution in [0.4, 0.5) is 13.6 Å². The number of rotatable bonds is 13. The van der Waals surface area contributed by atoms with Crippen molar-refractivity contribution in [1.29, 1.82) is 0 Å². The summed E-state index contributed by atoms with van der Waals surface area (Å²) >= 11 is 0. The molecule has 8 nitrogen and oxygen atoms in total. The van der Waals surface area contributed by atoms with Crippen LogP contribution < -0.4 is 5.32 Å². The van der Waals surface area contributed by atoms with E-state index in [1.807, 2.05) is 0 Å². The minimum Gasteiger partial charge on any atom is -0.415 e. The Kier molecular flexibility index (Phi) is 13.0. The number of hydrogen-bond donors (Lipinski definition) is 1. The van der Waals surface area contributed by atoms with Crippen LogP contribution in [0.1, 0.15) is 80.7 Å². The second kappa shape index (κ2) is 14.2. The van der Waals surface area contributed by atoms with E-state index in [2.05, 4.69) is 39.2 Å². The number of phosphoric acid groups is 1. The van der Waals surface area contributed by atoms with Crippen LogP contribution in [0.5, 0.6) is 0 Å². The number of hydrogen-bond acceptors (Lipinski definition) is 6. The predicted octanol–water partition coefficient (Wildman–Crippen LogP) is 8.03. The second-order valence-corrected chi connectivity index (χ2v) is 19.9. The van der Waals surface area contributed by atoms with Crippen molar-refractivity contribution < 1.29 is 36.1 Å². The molecule has 0 aliphatic carbocycles. The first-order chi connectivity index (χ1) is 18.0. The van der Waals surface area contributed by atoms with E-state index in [1.54, 1.807) is 48.6 Å². The van der Waals surface area contributed by atoms with Crippen LogP contribution in [0, 0.1) is 11.6 Å². The summed E-state index contributed by atoms with van der Waals surface area (Å²) in [5, 5.41) is 2.63. The van der Waals surface area contributed by atoms with Crippen LogP contribution in [-0.4, -0.2) is 56.8 Å². The molecule has 40 heavy (non-hydrogen) atoms. The minimum atomic E-state index is -3.87. The van der Waals surface area contributed by atoms with Crippen LogP contribution >= 0.6 is 7.82 Å². The first kappa shape index (κ1) is 36.7. The van der Waals surface area contributed by atoms with Crippen molar-refractivity contribution in [3.63, 3.8) is 0 Å².